The van der Waals surface area contributed by atoms with E-state index < -0.39 is 11.8 Å². The highest BCUT2D eigenvalue weighted by molar-refractivity contribution is 6.04. The first-order valence-electron chi connectivity index (χ1n) is 10.2. The molecule has 33 heavy (non-hydrogen) atoms. The van der Waals surface area contributed by atoms with Gasteiger partial charge in [-0.3, -0.25) is 14.6 Å². The van der Waals surface area contributed by atoms with Gasteiger partial charge in [-0.15, -0.1) is 0 Å². The fraction of sp³-hybridized carbons (Fsp3) is 0.261. The summed E-state index contributed by atoms with van der Waals surface area (Å²) in [5, 5.41) is 8.90. The van der Waals surface area contributed by atoms with Crippen LogP contribution in [0.1, 0.15) is 24.0 Å². The number of rotatable bonds is 12. The van der Waals surface area contributed by atoms with Gasteiger partial charge in [0.15, 0.2) is 6.29 Å². The van der Waals surface area contributed by atoms with Gasteiger partial charge in [0, 0.05) is 56.3 Å². The molecule has 1 heterocycles. The second-order valence-electron chi connectivity index (χ2n) is 6.75. The van der Waals surface area contributed by atoms with Gasteiger partial charge in [-0.05, 0) is 41.3 Å². The van der Waals surface area contributed by atoms with E-state index >= 15 is 0 Å². The van der Waals surface area contributed by atoms with Crippen molar-refractivity contribution in [1.82, 2.24) is 15.6 Å². The lowest BCUT2D eigenvalue weighted by Gasteiger charge is -2.14. The molecule has 0 saturated heterocycles. The number of ether oxygens (including phenoxy) is 2. The molecular weight excluding hydrogens is 424 g/mol. The normalized spacial score (nSPS) is 11.3. The average molecular weight is 450 g/mol. The van der Waals surface area contributed by atoms with Gasteiger partial charge in [-0.2, -0.15) is 0 Å². The van der Waals surface area contributed by atoms with Gasteiger partial charge >= 0.3 is 0 Å². The molecule has 10 nitrogen and oxygen atoms in total. The fourth-order valence-corrected chi connectivity index (χ4v) is 2.73. The summed E-state index contributed by atoms with van der Waals surface area (Å²) in [6, 6.07) is 10.2. The highest BCUT2D eigenvalue weighted by Gasteiger charge is 2.12. The number of carbonyl (C=O) groups is 2. The second-order valence-corrected chi connectivity index (χ2v) is 6.75. The first-order valence-corrected chi connectivity index (χ1v) is 10.2. The van der Waals surface area contributed by atoms with Crippen molar-refractivity contribution >= 4 is 29.7 Å². The van der Waals surface area contributed by atoms with Crippen LogP contribution in [0.15, 0.2) is 65.7 Å². The van der Waals surface area contributed by atoms with E-state index in [1.807, 2.05) is 0 Å². The van der Waals surface area contributed by atoms with E-state index in [2.05, 4.69) is 25.6 Å². The zero-order valence-electron chi connectivity index (χ0n) is 18.5. The lowest BCUT2D eigenvalue weighted by Crippen LogP contribution is -2.35. The van der Waals surface area contributed by atoms with E-state index in [-0.39, 0.29) is 12.0 Å². The van der Waals surface area contributed by atoms with E-state index in [1.165, 1.54) is 6.08 Å². The Kier molecular flexibility index (Phi) is 10.8. The molecule has 0 atom stereocenters. The molecule has 0 fully saturated rings. The number of azide groups is 1. The number of pyridine rings is 1. The number of carbonyl (C=O) groups excluding carboxylic acids is 2. The van der Waals surface area contributed by atoms with Crippen LogP contribution < -0.4 is 10.6 Å². The van der Waals surface area contributed by atoms with Crippen molar-refractivity contribution in [2.75, 3.05) is 20.8 Å². The highest BCUT2D eigenvalue weighted by Crippen LogP contribution is 2.14. The fourth-order valence-electron chi connectivity index (χ4n) is 2.73. The van der Waals surface area contributed by atoms with Crippen LogP contribution in [0, 0.1) is 0 Å². The molecule has 0 spiro atoms. The quantitative estimate of drug-likeness (QED) is 0.127. The number of aromatic nitrogens is 1. The van der Waals surface area contributed by atoms with Crippen molar-refractivity contribution in [2.24, 2.45) is 5.11 Å². The smallest absolute Gasteiger partial charge is 0.267 e. The minimum Gasteiger partial charge on any atom is -0.356 e. The Morgan fingerprint density at radius 3 is 2.58 bits per heavy atom. The van der Waals surface area contributed by atoms with Gasteiger partial charge in [0.05, 0.1) is 0 Å². The zero-order valence-corrected chi connectivity index (χ0v) is 18.5. The number of hydrogen-bond donors (Lipinski definition) is 2. The highest BCUT2D eigenvalue weighted by atomic mass is 16.7. The third kappa shape index (κ3) is 9.36. The number of amides is 2. The van der Waals surface area contributed by atoms with Gasteiger partial charge in [0.2, 0.25) is 5.91 Å². The lowest BCUT2D eigenvalue weighted by molar-refractivity contribution is -0.121. The van der Waals surface area contributed by atoms with Crippen LogP contribution in [-0.4, -0.2) is 43.9 Å². The van der Waals surface area contributed by atoms with E-state index in [0.717, 1.165) is 5.56 Å². The predicted octanol–water partition coefficient (Wildman–Crippen LogP) is 3.71. The molecule has 10 heteroatoms. The average Bonchev–Trinajstić information content (AvgIpc) is 2.84. The molecule has 2 aromatic rings. The van der Waals surface area contributed by atoms with Crippen LogP contribution in [-0.2, 0) is 19.1 Å². The van der Waals surface area contributed by atoms with Crippen LogP contribution >= 0.6 is 0 Å². The maximum Gasteiger partial charge on any atom is 0.267 e. The van der Waals surface area contributed by atoms with E-state index in [9.17, 15) is 9.59 Å². The summed E-state index contributed by atoms with van der Waals surface area (Å²) in [6.07, 6.45) is 8.57. The van der Waals surface area contributed by atoms with Crippen LogP contribution in [0.25, 0.3) is 22.6 Å². The van der Waals surface area contributed by atoms with Gasteiger partial charge in [-0.25, -0.2) is 0 Å². The molecule has 0 saturated carbocycles. The Hall–Kier alpha value is -3.98. The summed E-state index contributed by atoms with van der Waals surface area (Å²) in [4.78, 5) is 31.9. The SMILES string of the molecule is COC(CCCNC(=O)C(=Cc1cccnc1)NC(=O)C=Cc1ccc(N=[N+]=[N-])cc1)OC. The van der Waals surface area contributed by atoms with Crippen LogP contribution in [0.4, 0.5) is 5.69 Å². The standard InChI is InChI=1S/C23H26N6O4/c1-32-22(33-2)6-4-14-26-23(31)20(15-18-5-3-13-25-16-18)27-21(30)12-9-17-7-10-19(11-8-17)28-29-24/h3,5,7-13,15-16,22H,4,6,14H2,1-2H3,(H,26,31)(H,27,30). The maximum atomic E-state index is 12.7. The lowest BCUT2D eigenvalue weighted by atomic mass is 10.2. The molecule has 0 aliphatic heterocycles. The number of methoxy groups -OCH3 is 2. The van der Waals surface area contributed by atoms with Gasteiger partial charge in [-0.1, -0.05) is 35.4 Å². The Bertz CT molecular complexity index is 1010. The zero-order chi connectivity index (χ0) is 23.9. The van der Waals surface area contributed by atoms with Gasteiger partial charge in [0.25, 0.3) is 5.91 Å². The molecule has 0 aliphatic carbocycles. The van der Waals surface area contributed by atoms with E-state index in [1.54, 1.807) is 75.2 Å². The van der Waals surface area contributed by atoms with Crippen molar-refractivity contribution in [3.63, 3.8) is 0 Å². The van der Waals surface area contributed by atoms with Crippen molar-refractivity contribution < 1.29 is 19.1 Å². The summed E-state index contributed by atoms with van der Waals surface area (Å²) < 4.78 is 10.3. The molecule has 1 aromatic carbocycles. The van der Waals surface area contributed by atoms with Crippen LogP contribution in [0.2, 0.25) is 0 Å². The molecule has 0 unspecified atom stereocenters. The van der Waals surface area contributed by atoms with Crippen molar-refractivity contribution in [3.05, 3.63) is 82.1 Å². The molecule has 1 aromatic heterocycles. The summed E-state index contributed by atoms with van der Waals surface area (Å²) in [6.45, 7) is 0.385. The Balaban J connectivity index is 2.04. The molecule has 2 N–H and O–H groups in total. The molecule has 2 rings (SSSR count). The predicted molar refractivity (Wildman–Crippen MR) is 125 cm³/mol. The van der Waals surface area contributed by atoms with Crippen molar-refractivity contribution in [3.8, 4) is 0 Å². The van der Waals surface area contributed by atoms with Crippen LogP contribution in [0.3, 0.4) is 0 Å². The molecule has 0 bridgehead atoms. The first kappa shape index (κ1) is 25.3. The number of hydrogen-bond acceptors (Lipinski definition) is 6. The van der Waals surface area contributed by atoms with Crippen LogP contribution in [0.5, 0.6) is 0 Å². The molecule has 2 amide bonds. The summed E-state index contributed by atoms with van der Waals surface area (Å²) in [5.74, 6) is -0.899. The largest absolute Gasteiger partial charge is 0.356 e. The number of nitrogens with zero attached hydrogens (tertiary/aromatic N) is 4. The van der Waals surface area contributed by atoms with Crippen molar-refractivity contribution in [2.45, 2.75) is 19.1 Å². The molecule has 0 radical (unpaired) electrons. The number of nitrogens with one attached hydrogen (secondary N) is 2. The number of benzene rings is 1. The third-order valence-corrected chi connectivity index (χ3v) is 4.41. The summed E-state index contributed by atoms with van der Waals surface area (Å²) in [5.41, 5.74) is 10.4. The summed E-state index contributed by atoms with van der Waals surface area (Å²) >= 11 is 0. The Labute approximate surface area is 191 Å². The monoisotopic (exact) mass is 450 g/mol. The van der Waals surface area contributed by atoms with Crippen molar-refractivity contribution in [1.29, 1.82) is 0 Å². The van der Waals surface area contributed by atoms with Gasteiger partial charge in [0.1, 0.15) is 5.70 Å². The second kappa shape index (κ2) is 14.2. The molecular formula is C23H26N6O4. The first-order chi connectivity index (χ1) is 16.0. The topological polar surface area (TPSA) is 138 Å². The third-order valence-electron chi connectivity index (χ3n) is 4.41. The minimum atomic E-state index is -0.474. The summed E-state index contributed by atoms with van der Waals surface area (Å²) in [7, 11) is 3.11. The molecule has 172 valence electrons. The van der Waals surface area contributed by atoms with Gasteiger partial charge < -0.3 is 20.1 Å². The minimum absolute atomic E-state index is 0.0892. The van der Waals surface area contributed by atoms with E-state index in [4.69, 9.17) is 15.0 Å². The molecule has 0 aliphatic rings. The van der Waals surface area contributed by atoms with E-state index in [0.29, 0.717) is 30.6 Å². The Morgan fingerprint density at radius 2 is 1.94 bits per heavy atom. The maximum absolute atomic E-state index is 12.7. The Morgan fingerprint density at radius 1 is 1.18 bits per heavy atom.